The molecule has 2 aliphatic rings. The van der Waals surface area contributed by atoms with Gasteiger partial charge in [0.2, 0.25) is 5.75 Å². The summed E-state index contributed by atoms with van der Waals surface area (Å²) in [6, 6.07) is 4.78. The lowest BCUT2D eigenvalue weighted by Crippen LogP contribution is -2.53. The van der Waals surface area contributed by atoms with Crippen LogP contribution >= 0.6 is 0 Å². The molecule has 0 saturated carbocycles. The van der Waals surface area contributed by atoms with Crippen LogP contribution in [0.4, 0.5) is 0 Å². The zero-order valence-corrected chi connectivity index (χ0v) is 20.5. The molecule has 2 saturated heterocycles. The van der Waals surface area contributed by atoms with Gasteiger partial charge in [-0.05, 0) is 44.0 Å². The maximum Gasteiger partial charge on any atom is 0.203 e. The first-order valence-corrected chi connectivity index (χ1v) is 11.8. The minimum atomic E-state index is 0.636. The molecule has 2 aliphatic heterocycles. The van der Waals surface area contributed by atoms with Crippen molar-refractivity contribution < 1.29 is 14.2 Å². The zero-order valence-electron chi connectivity index (χ0n) is 20.5. The average molecular weight is 448 g/mol. The predicted molar refractivity (Wildman–Crippen MR) is 129 cm³/mol. The number of hydrogen-bond acceptors (Lipinski definition) is 6. The van der Waals surface area contributed by atoms with Crippen LogP contribution in [-0.4, -0.2) is 101 Å². The first-order valence-electron chi connectivity index (χ1n) is 11.8. The van der Waals surface area contributed by atoms with Crippen LogP contribution in [0.2, 0.25) is 0 Å². The van der Waals surface area contributed by atoms with Gasteiger partial charge in [-0.3, -0.25) is 14.8 Å². The third-order valence-corrected chi connectivity index (χ3v) is 6.64. The van der Waals surface area contributed by atoms with Crippen LogP contribution in [0, 0.1) is 0 Å². The highest BCUT2D eigenvalue weighted by Crippen LogP contribution is 2.38. The van der Waals surface area contributed by atoms with Crippen molar-refractivity contribution in [1.82, 2.24) is 20.0 Å². The van der Waals surface area contributed by atoms with Gasteiger partial charge in [0, 0.05) is 58.9 Å². The average Bonchev–Trinajstić information content (AvgIpc) is 2.83. The van der Waals surface area contributed by atoms with E-state index in [2.05, 4.69) is 31.9 Å². The van der Waals surface area contributed by atoms with E-state index < -0.39 is 0 Å². The molecule has 0 aromatic heterocycles. The van der Waals surface area contributed by atoms with Crippen LogP contribution in [0.15, 0.2) is 17.1 Å². The normalized spacial score (nSPS) is 20.8. The quantitative estimate of drug-likeness (QED) is 0.485. The Morgan fingerprint density at radius 2 is 1.69 bits per heavy atom. The molecule has 8 nitrogen and oxygen atoms in total. The number of benzene rings is 1. The molecule has 1 N–H and O–H groups in total. The number of nitrogens with zero attached hydrogens (tertiary/aromatic N) is 4. The lowest BCUT2D eigenvalue weighted by Gasteiger charge is -2.37. The fourth-order valence-corrected chi connectivity index (χ4v) is 4.74. The van der Waals surface area contributed by atoms with Gasteiger partial charge in [0.25, 0.3) is 0 Å². The Morgan fingerprint density at radius 1 is 1.00 bits per heavy atom. The highest BCUT2D eigenvalue weighted by Gasteiger charge is 2.22. The van der Waals surface area contributed by atoms with Gasteiger partial charge in [-0.15, -0.1) is 0 Å². The summed E-state index contributed by atoms with van der Waals surface area (Å²) >= 11 is 0. The predicted octanol–water partition coefficient (Wildman–Crippen LogP) is 2.28. The van der Waals surface area contributed by atoms with E-state index in [1.807, 2.05) is 19.2 Å². The summed E-state index contributed by atoms with van der Waals surface area (Å²) in [5.41, 5.74) is 1.16. The number of ether oxygens (including phenoxy) is 3. The Hall–Kier alpha value is -2.19. The molecule has 0 radical (unpaired) electrons. The molecule has 32 heavy (non-hydrogen) atoms. The summed E-state index contributed by atoms with van der Waals surface area (Å²) in [5.74, 6) is 3.06. The van der Waals surface area contributed by atoms with Gasteiger partial charge >= 0.3 is 0 Å². The molecule has 180 valence electrons. The SMILES string of the molecule is CN=C(NCCN1CCCCC1C)N1CCN(Cc2cc(OC)c(OC)c(OC)c2)CC1. The summed E-state index contributed by atoms with van der Waals surface area (Å²) < 4.78 is 16.4. The van der Waals surface area contributed by atoms with E-state index in [0.717, 1.165) is 57.3 Å². The van der Waals surface area contributed by atoms with Crippen LogP contribution in [-0.2, 0) is 6.54 Å². The van der Waals surface area contributed by atoms with Crippen molar-refractivity contribution >= 4 is 5.96 Å². The van der Waals surface area contributed by atoms with Gasteiger partial charge < -0.3 is 24.4 Å². The molecule has 0 bridgehead atoms. The fraction of sp³-hybridized carbons (Fsp3) is 0.708. The van der Waals surface area contributed by atoms with E-state index in [1.54, 1.807) is 21.3 Å². The van der Waals surface area contributed by atoms with Crippen molar-refractivity contribution in [2.24, 2.45) is 4.99 Å². The minimum Gasteiger partial charge on any atom is -0.493 e. The number of rotatable bonds is 8. The largest absolute Gasteiger partial charge is 0.493 e. The van der Waals surface area contributed by atoms with E-state index in [1.165, 1.54) is 25.8 Å². The molecule has 1 aromatic rings. The van der Waals surface area contributed by atoms with Crippen molar-refractivity contribution in [2.45, 2.75) is 38.8 Å². The van der Waals surface area contributed by atoms with Crippen molar-refractivity contribution in [1.29, 1.82) is 0 Å². The highest BCUT2D eigenvalue weighted by molar-refractivity contribution is 5.80. The molecule has 0 spiro atoms. The molecular weight excluding hydrogens is 406 g/mol. The number of piperidine rings is 1. The Balaban J connectivity index is 1.48. The van der Waals surface area contributed by atoms with E-state index >= 15 is 0 Å². The molecule has 0 amide bonds. The molecule has 1 unspecified atom stereocenters. The van der Waals surface area contributed by atoms with E-state index in [9.17, 15) is 0 Å². The second-order valence-electron chi connectivity index (χ2n) is 8.65. The topological polar surface area (TPSA) is 61.8 Å². The van der Waals surface area contributed by atoms with Gasteiger partial charge in [0.1, 0.15) is 0 Å². The van der Waals surface area contributed by atoms with Crippen molar-refractivity contribution in [3.05, 3.63) is 17.7 Å². The Morgan fingerprint density at radius 3 is 2.25 bits per heavy atom. The van der Waals surface area contributed by atoms with Gasteiger partial charge in [0.15, 0.2) is 17.5 Å². The number of piperazine rings is 1. The third-order valence-electron chi connectivity index (χ3n) is 6.64. The fourth-order valence-electron chi connectivity index (χ4n) is 4.74. The van der Waals surface area contributed by atoms with Crippen LogP contribution < -0.4 is 19.5 Å². The summed E-state index contributed by atoms with van der Waals surface area (Å²) in [7, 11) is 6.83. The highest BCUT2D eigenvalue weighted by atomic mass is 16.5. The number of methoxy groups -OCH3 is 3. The lowest BCUT2D eigenvalue weighted by molar-refractivity contribution is 0.159. The second kappa shape index (κ2) is 12.2. The number of guanidine groups is 1. The molecule has 3 rings (SSSR count). The van der Waals surface area contributed by atoms with Gasteiger partial charge in [-0.2, -0.15) is 0 Å². The molecule has 0 aliphatic carbocycles. The third kappa shape index (κ3) is 6.19. The summed E-state index contributed by atoms with van der Waals surface area (Å²) in [4.78, 5) is 12.0. The van der Waals surface area contributed by atoms with E-state index in [4.69, 9.17) is 14.2 Å². The Labute approximate surface area is 193 Å². The molecule has 2 fully saturated rings. The minimum absolute atomic E-state index is 0.636. The monoisotopic (exact) mass is 447 g/mol. The second-order valence-corrected chi connectivity index (χ2v) is 8.65. The van der Waals surface area contributed by atoms with Crippen molar-refractivity contribution in [2.75, 3.05) is 74.2 Å². The number of likely N-dealkylation sites (tertiary alicyclic amines) is 1. The number of aliphatic imine (C=N–C) groups is 1. The molecule has 2 heterocycles. The lowest BCUT2D eigenvalue weighted by atomic mass is 10.0. The maximum absolute atomic E-state index is 5.50. The number of nitrogens with one attached hydrogen (secondary N) is 1. The standard InChI is InChI=1S/C24H41N5O3/c1-19-8-6-7-10-28(19)11-9-26-24(25-2)29-14-12-27(13-15-29)18-20-16-21(30-3)23(32-5)22(17-20)31-4/h16-17,19H,6-15,18H2,1-5H3,(H,25,26). The maximum atomic E-state index is 5.50. The Kier molecular flexibility index (Phi) is 9.29. The van der Waals surface area contributed by atoms with Gasteiger partial charge in [-0.1, -0.05) is 6.42 Å². The van der Waals surface area contributed by atoms with Gasteiger partial charge in [-0.25, -0.2) is 0 Å². The van der Waals surface area contributed by atoms with Crippen LogP contribution in [0.3, 0.4) is 0 Å². The van der Waals surface area contributed by atoms with Crippen molar-refractivity contribution in [3.8, 4) is 17.2 Å². The first-order chi connectivity index (χ1) is 15.6. The molecular formula is C24H41N5O3. The smallest absolute Gasteiger partial charge is 0.203 e. The summed E-state index contributed by atoms with van der Waals surface area (Å²) in [6.07, 6.45) is 4.02. The molecule has 1 aromatic carbocycles. The Bertz CT molecular complexity index is 724. The van der Waals surface area contributed by atoms with Gasteiger partial charge in [0.05, 0.1) is 21.3 Å². The molecule has 8 heteroatoms. The number of hydrogen-bond donors (Lipinski definition) is 1. The first kappa shape index (κ1) is 24.5. The van der Waals surface area contributed by atoms with E-state index in [-0.39, 0.29) is 0 Å². The van der Waals surface area contributed by atoms with Crippen LogP contribution in [0.5, 0.6) is 17.2 Å². The zero-order chi connectivity index (χ0) is 22.9. The van der Waals surface area contributed by atoms with Crippen molar-refractivity contribution in [3.63, 3.8) is 0 Å². The van der Waals surface area contributed by atoms with Crippen LogP contribution in [0.25, 0.3) is 0 Å². The summed E-state index contributed by atoms with van der Waals surface area (Å²) in [6.45, 7) is 10.4. The van der Waals surface area contributed by atoms with Crippen LogP contribution in [0.1, 0.15) is 31.7 Å². The molecule has 1 atom stereocenters. The van der Waals surface area contributed by atoms with E-state index in [0.29, 0.717) is 23.3 Å². The summed E-state index contributed by atoms with van der Waals surface area (Å²) in [5, 5.41) is 3.58.